The molecule has 5 nitrogen and oxygen atoms in total. The van der Waals surface area contributed by atoms with Gasteiger partial charge >= 0.3 is 5.97 Å². The van der Waals surface area contributed by atoms with Crippen LogP contribution in [0.15, 0.2) is 51.7 Å². The molecule has 1 heterocycles. The second kappa shape index (κ2) is 5.61. The van der Waals surface area contributed by atoms with E-state index in [9.17, 15) is 14.7 Å². The standard InChI is InChI=1S/C18H14O5/c1-10-15(19)13-4-3-5-14(18(20)21)17(13)23-16(10)11-6-8-12(22-2)9-7-11/h3-9H,1-2H3,(H,20,21). The predicted molar refractivity (Wildman–Crippen MR) is 86.2 cm³/mol. The monoisotopic (exact) mass is 310 g/mol. The first-order chi connectivity index (χ1) is 11.0. The molecule has 3 rings (SSSR count). The van der Waals surface area contributed by atoms with Gasteiger partial charge in [0.05, 0.1) is 12.5 Å². The molecule has 0 unspecified atom stereocenters. The summed E-state index contributed by atoms with van der Waals surface area (Å²) in [6.07, 6.45) is 0. The summed E-state index contributed by atoms with van der Waals surface area (Å²) < 4.78 is 10.9. The largest absolute Gasteiger partial charge is 0.497 e. The number of carboxylic acids is 1. The van der Waals surface area contributed by atoms with Crippen molar-refractivity contribution in [2.45, 2.75) is 6.92 Å². The number of fused-ring (bicyclic) bond motifs is 1. The molecule has 0 amide bonds. The number of benzene rings is 2. The highest BCUT2D eigenvalue weighted by atomic mass is 16.5. The first-order valence-electron chi connectivity index (χ1n) is 6.97. The van der Waals surface area contributed by atoms with Crippen molar-refractivity contribution >= 4 is 16.9 Å². The molecule has 0 atom stereocenters. The van der Waals surface area contributed by atoms with Crippen LogP contribution in [0.1, 0.15) is 15.9 Å². The highest BCUT2D eigenvalue weighted by Gasteiger charge is 2.17. The van der Waals surface area contributed by atoms with E-state index >= 15 is 0 Å². The van der Waals surface area contributed by atoms with Crippen molar-refractivity contribution in [1.29, 1.82) is 0 Å². The molecule has 2 aromatic carbocycles. The molecule has 5 heteroatoms. The zero-order chi connectivity index (χ0) is 16.6. The Morgan fingerprint density at radius 1 is 1.13 bits per heavy atom. The van der Waals surface area contributed by atoms with Crippen molar-refractivity contribution in [3.05, 3.63) is 63.8 Å². The molecule has 0 aliphatic heterocycles. The van der Waals surface area contributed by atoms with E-state index in [2.05, 4.69) is 0 Å². The molecule has 0 aliphatic rings. The van der Waals surface area contributed by atoms with Crippen LogP contribution in [0.5, 0.6) is 5.75 Å². The van der Waals surface area contributed by atoms with Gasteiger partial charge in [-0.05, 0) is 43.3 Å². The number of rotatable bonds is 3. The van der Waals surface area contributed by atoms with E-state index in [0.29, 0.717) is 22.6 Å². The third-order valence-electron chi connectivity index (χ3n) is 3.73. The van der Waals surface area contributed by atoms with Gasteiger partial charge < -0.3 is 14.3 Å². The highest BCUT2D eigenvalue weighted by Crippen LogP contribution is 2.28. The van der Waals surface area contributed by atoms with E-state index in [1.54, 1.807) is 44.4 Å². The minimum atomic E-state index is -1.14. The normalized spacial score (nSPS) is 10.7. The summed E-state index contributed by atoms with van der Waals surface area (Å²) >= 11 is 0. The lowest BCUT2D eigenvalue weighted by Crippen LogP contribution is -2.09. The van der Waals surface area contributed by atoms with E-state index in [1.165, 1.54) is 12.1 Å². The van der Waals surface area contributed by atoms with Gasteiger partial charge in [0.2, 0.25) is 0 Å². The smallest absolute Gasteiger partial charge is 0.339 e. The number of ether oxygens (including phenoxy) is 1. The average molecular weight is 310 g/mol. The maximum Gasteiger partial charge on any atom is 0.339 e. The van der Waals surface area contributed by atoms with E-state index in [1.807, 2.05) is 0 Å². The van der Waals surface area contributed by atoms with Crippen molar-refractivity contribution < 1.29 is 19.1 Å². The molecule has 0 aliphatic carbocycles. The van der Waals surface area contributed by atoms with Crippen LogP contribution in [-0.4, -0.2) is 18.2 Å². The van der Waals surface area contributed by atoms with Gasteiger partial charge in [-0.3, -0.25) is 4.79 Å². The molecular formula is C18H14O5. The molecule has 0 radical (unpaired) electrons. The Morgan fingerprint density at radius 2 is 1.83 bits per heavy atom. The van der Waals surface area contributed by atoms with Crippen LogP contribution in [0.3, 0.4) is 0 Å². The van der Waals surface area contributed by atoms with Crippen molar-refractivity contribution in [2.24, 2.45) is 0 Å². The maximum atomic E-state index is 12.5. The molecule has 1 aromatic heterocycles. The number of carbonyl (C=O) groups is 1. The van der Waals surface area contributed by atoms with Gasteiger partial charge in [-0.1, -0.05) is 6.07 Å². The molecule has 23 heavy (non-hydrogen) atoms. The summed E-state index contributed by atoms with van der Waals surface area (Å²) in [5, 5.41) is 9.56. The Morgan fingerprint density at radius 3 is 2.43 bits per heavy atom. The van der Waals surface area contributed by atoms with Gasteiger partial charge in [-0.2, -0.15) is 0 Å². The van der Waals surface area contributed by atoms with Gasteiger partial charge in [0.25, 0.3) is 0 Å². The minimum Gasteiger partial charge on any atom is -0.497 e. The lowest BCUT2D eigenvalue weighted by atomic mass is 10.0. The number of hydrogen-bond acceptors (Lipinski definition) is 4. The van der Waals surface area contributed by atoms with E-state index < -0.39 is 5.97 Å². The Hall–Kier alpha value is -3.08. The fourth-order valence-corrected chi connectivity index (χ4v) is 2.50. The highest BCUT2D eigenvalue weighted by molar-refractivity contribution is 6.01. The lowest BCUT2D eigenvalue weighted by Gasteiger charge is -2.09. The second-order valence-corrected chi connectivity index (χ2v) is 5.10. The SMILES string of the molecule is COc1ccc(-c2oc3c(C(=O)O)cccc3c(=O)c2C)cc1. The number of methoxy groups -OCH3 is 1. The Balaban J connectivity index is 2.32. The third-order valence-corrected chi connectivity index (χ3v) is 3.73. The quantitative estimate of drug-likeness (QED) is 0.801. The first kappa shape index (κ1) is 14.8. The Labute approximate surface area is 131 Å². The van der Waals surface area contributed by atoms with Crippen molar-refractivity contribution in [2.75, 3.05) is 7.11 Å². The average Bonchev–Trinajstić information content (AvgIpc) is 2.57. The molecule has 0 saturated carbocycles. The molecule has 0 spiro atoms. The summed E-state index contributed by atoms with van der Waals surface area (Å²) in [5.74, 6) is -0.0945. The van der Waals surface area contributed by atoms with Gasteiger partial charge in [0.15, 0.2) is 11.0 Å². The van der Waals surface area contributed by atoms with Crippen molar-refractivity contribution in [1.82, 2.24) is 0 Å². The molecule has 0 saturated heterocycles. The zero-order valence-electron chi connectivity index (χ0n) is 12.6. The van der Waals surface area contributed by atoms with Crippen molar-refractivity contribution in [3.63, 3.8) is 0 Å². The zero-order valence-corrected chi connectivity index (χ0v) is 12.6. The van der Waals surface area contributed by atoms with Crippen LogP contribution >= 0.6 is 0 Å². The van der Waals surface area contributed by atoms with Gasteiger partial charge in [-0.25, -0.2) is 4.79 Å². The summed E-state index contributed by atoms with van der Waals surface area (Å²) in [7, 11) is 1.57. The van der Waals surface area contributed by atoms with Gasteiger partial charge in [-0.15, -0.1) is 0 Å². The topological polar surface area (TPSA) is 76.7 Å². The van der Waals surface area contributed by atoms with Gasteiger partial charge in [0, 0.05) is 11.1 Å². The van der Waals surface area contributed by atoms with E-state index in [0.717, 1.165) is 0 Å². The molecule has 1 N–H and O–H groups in total. The first-order valence-corrected chi connectivity index (χ1v) is 6.97. The van der Waals surface area contributed by atoms with Crippen molar-refractivity contribution in [3.8, 4) is 17.1 Å². The van der Waals surface area contributed by atoms with Crippen LogP contribution in [0.25, 0.3) is 22.3 Å². The summed E-state index contributed by atoms with van der Waals surface area (Å²) in [6.45, 7) is 1.66. The molecular weight excluding hydrogens is 296 g/mol. The van der Waals surface area contributed by atoms with Gasteiger partial charge in [0.1, 0.15) is 17.1 Å². The van der Waals surface area contributed by atoms with Crippen LogP contribution in [-0.2, 0) is 0 Å². The van der Waals surface area contributed by atoms with Crippen LogP contribution in [0.4, 0.5) is 0 Å². The Kier molecular flexibility index (Phi) is 3.62. The molecule has 116 valence electrons. The van der Waals surface area contributed by atoms with Crippen LogP contribution in [0, 0.1) is 6.92 Å². The minimum absolute atomic E-state index is 0.0330. The summed E-state index contributed by atoms with van der Waals surface area (Å²) in [6, 6.07) is 11.6. The fraction of sp³-hybridized carbons (Fsp3) is 0.111. The third kappa shape index (κ3) is 2.46. The molecule has 0 bridgehead atoms. The van der Waals surface area contributed by atoms with Crippen LogP contribution < -0.4 is 10.2 Å². The van der Waals surface area contributed by atoms with Crippen LogP contribution in [0.2, 0.25) is 0 Å². The van der Waals surface area contributed by atoms with E-state index in [4.69, 9.17) is 9.15 Å². The summed E-state index contributed by atoms with van der Waals surface area (Å²) in [4.78, 5) is 23.9. The fourth-order valence-electron chi connectivity index (χ4n) is 2.50. The molecule has 0 fully saturated rings. The maximum absolute atomic E-state index is 12.5. The van der Waals surface area contributed by atoms with E-state index in [-0.39, 0.29) is 22.0 Å². The number of aromatic carboxylic acids is 1. The summed E-state index contributed by atoms with van der Waals surface area (Å²) in [5.41, 5.74) is 0.934. The lowest BCUT2D eigenvalue weighted by molar-refractivity contribution is 0.0698. The molecule has 3 aromatic rings. The number of hydrogen-bond donors (Lipinski definition) is 1. The Bertz CT molecular complexity index is 952. The second-order valence-electron chi connectivity index (χ2n) is 5.10. The number of carboxylic acid groups (broad SMARTS) is 1. The predicted octanol–water partition coefficient (Wildman–Crippen LogP) is 3.48. The number of para-hydroxylation sites is 1.